The van der Waals surface area contributed by atoms with Gasteiger partial charge in [0.1, 0.15) is 17.2 Å². The first-order valence-electron chi connectivity index (χ1n) is 13.6. The number of carbonyl (C=O) groups excluding carboxylic acids is 1. The maximum atomic E-state index is 14.0. The Morgan fingerprint density at radius 3 is 2.59 bits per heavy atom. The van der Waals surface area contributed by atoms with Crippen molar-refractivity contribution in [2.24, 2.45) is 0 Å². The first kappa shape index (κ1) is 26.3. The Hall–Kier alpha value is -4.89. The van der Waals surface area contributed by atoms with Crippen LogP contribution in [0.5, 0.6) is 0 Å². The van der Waals surface area contributed by atoms with Gasteiger partial charge in [0.2, 0.25) is 5.91 Å². The summed E-state index contributed by atoms with van der Waals surface area (Å²) in [6, 6.07) is 22.4. The molecule has 0 aliphatic carbocycles. The summed E-state index contributed by atoms with van der Waals surface area (Å²) in [6.07, 6.45) is 4.79. The molecule has 2 aromatic carbocycles. The lowest BCUT2D eigenvalue weighted by Gasteiger charge is -2.32. The molecule has 0 spiro atoms. The van der Waals surface area contributed by atoms with Crippen LogP contribution in [0.25, 0.3) is 39.5 Å². The van der Waals surface area contributed by atoms with Gasteiger partial charge in [-0.15, -0.1) is 0 Å². The number of rotatable bonds is 7. The standard InChI is InChI=1S/C32H30FN7O/c1-2-29(41)36-24-14-17-39(18-15-24)20-21-8-10-25(11-9-21)40-31(26-7-4-16-35-30(26)34)38-28-13-12-27(37-32(28)40)22-5-3-6-23(33)19-22/h2-13,16,19,24H,1,14-15,17-18,20H2,(H2,34,35)(H,36,41). The molecule has 0 unspecified atom stereocenters. The topological polar surface area (TPSA) is 102 Å². The van der Waals surface area contributed by atoms with Crippen molar-refractivity contribution in [2.75, 3.05) is 18.8 Å². The molecule has 41 heavy (non-hydrogen) atoms. The van der Waals surface area contributed by atoms with Crippen molar-refractivity contribution in [3.63, 3.8) is 0 Å². The molecule has 0 atom stereocenters. The van der Waals surface area contributed by atoms with Gasteiger partial charge in [-0.1, -0.05) is 30.8 Å². The van der Waals surface area contributed by atoms with Crippen molar-refractivity contribution in [2.45, 2.75) is 25.4 Å². The van der Waals surface area contributed by atoms with Crippen LogP contribution < -0.4 is 11.1 Å². The number of hydrogen-bond donors (Lipinski definition) is 2. The molecule has 3 aromatic heterocycles. The molecule has 9 heteroatoms. The van der Waals surface area contributed by atoms with Gasteiger partial charge in [0.25, 0.3) is 0 Å². The third kappa shape index (κ3) is 5.57. The van der Waals surface area contributed by atoms with Gasteiger partial charge in [0, 0.05) is 43.1 Å². The number of anilines is 1. The maximum Gasteiger partial charge on any atom is 0.243 e. The van der Waals surface area contributed by atoms with Gasteiger partial charge in [-0.2, -0.15) is 0 Å². The van der Waals surface area contributed by atoms with E-state index in [0.717, 1.165) is 38.2 Å². The SMILES string of the molecule is C=CC(=O)NC1CCN(Cc2ccc(-n3c(-c4cccnc4N)nc4ccc(-c5cccc(F)c5)nc43)cc2)CC1. The minimum Gasteiger partial charge on any atom is -0.383 e. The van der Waals surface area contributed by atoms with E-state index in [1.807, 2.05) is 34.9 Å². The number of likely N-dealkylation sites (tertiary alicyclic amines) is 1. The van der Waals surface area contributed by atoms with E-state index in [2.05, 4.69) is 46.0 Å². The number of hydrogen-bond acceptors (Lipinski definition) is 6. The average Bonchev–Trinajstić information content (AvgIpc) is 3.37. The first-order chi connectivity index (χ1) is 20.0. The summed E-state index contributed by atoms with van der Waals surface area (Å²) < 4.78 is 16.0. The van der Waals surface area contributed by atoms with Crippen LogP contribution in [0.15, 0.2) is 91.6 Å². The van der Waals surface area contributed by atoms with Crippen LogP contribution in [-0.4, -0.2) is 49.5 Å². The summed E-state index contributed by atoms with van der Waals surface area (Å²) in [6.45, 7) is 6.17. The van der Waals surface area contributed by atoms with Gasteiger partial charge in [-0.3, -0.25) is 14.3 Å². The number of nitrogens with zero attached hydrogens (tertiary/aromatic N) is 5. The van der Waals surface area contributed by atoms with Crippen LogP contribution in [0.4, 0.5) is 10.2 Å². The molecule has 4 heterocycles. The van der Waals surface area contributed by atoms with Gasteiger partial charge >= 0.3 is 0 Å². The Kier molecular flexibility index (Phi) is 7.26. The largest absolute Gasteiger partial charge is 0.383 e. The van der Waals surface area contributed by atoms with Crippen LogP contribution in [0, 0.1) is 5.82 Å². The lowest BCUT2D eigenvalue weighted by Crippen LogP contribution is -2.43. The van der Waals surface area contributed by atoms with Crippen molar-refractivity contribution in [1.82, 2.24) is 29.7 Å². The molecular formula is C32H30FN7O. The normalized spacial score (nSPS) is 14.3. The Balaban J connectivity index is 1.32. The molecule has 8 nitrogen and oxygen atoms in total. The number of pyridine rings is 2. The number of benzene rings is 2. The third-order valence-electron chi connectivity index (χ3n) is 7.42. The van der Waals surface area contributed by atoms with Crippen molar-refractivity contribution in [3.8, 4) is 28.3 Å². The molecule has 1 aliphatic heterocycles. The highest BCUT2D eigenvalue weighted by atomic mass is 19.1. The second-order valence-electron chi connectivity index (χ2n) is 10.2. The molecule has 5 aromatic rings. The summed E-state index contributed by atoms with van der Waals surface area (Å²) in [4.78, 5) is 28.1. The van der Waals surface area contributed by atoms with Crippen molar-refractivity contribution >= 4 is 22.9 Å². The van der Waals surface area contributed by atoms with E-state index in [4.69, 9.17) is 15.7 Å². The molecule has 0 bridgehead atoms. The Labute approximate surface area is 237 Å². The van der Waals surface area contributed by atoms with Crippen molar-refractivity contribution in [1.29, 1.82) is 0 Å². The van der Waals surface area contributed by atoms with E-state index in [-0.39, 0.29) is 17.8 Å². The molecule has 1 saturated heterocycles. The molecule has 6 rings (SSSR count). The lowest BCUT2D eigenvalue weighted by molar-refractivity contribution is -0.117. The summed E-state index contributed by atoms with van der Waals surface area (Å²) in [5.41, 5.74) is 11.7. The molecule has 3 N–H and O–H groups in total. The van der Waals surface area contributed by atoms with Gasteiger partial charge in [0.05, 0.1) is 11.3 Å². The second kappa shape index (κ2) is 11.3. The minimum absolute atomic E-state index is 0.115. The predicted octanol–water partition coefficient (Wildman–Crippen LogP) is 5.14. The van der Waals surface area contributed by atoms with Crippen LogP contribution in [0.2, 0.25) is 0 Å². The zero-order valence-electron chi connectivity index (χ0n) is 22.5. The van der Waals surface area contributed by atoms with E-state index < -0.39 is 0 Å². The van der Waals surface area contributed by atoms with Gasteiger partial charge in [-0.05, 0) is 73.0 Å². The quantitative estimate of drug-likeness (QED) is 0.274. The molecule has 0 radical (unpaired) electrons. The van der Waals surface area contributed by atoms with Crippen LogP contribution in [0.3, 0.4) is 0 Å². The number of amides is 1. The lowest BCUT2D eigenvalue weighted by atomic mass is 10.0. The van der Waals surface area contributed by atoms with Gasteiger partial charge in [0.15, 0.2) is 11.5 Å². The fraction of sp³-hybridized carbons (Fsp3) is 0.188. The summed E-state index contributed by atoms with van der Waals surface area (Å²) in [7, 11) is 0. The fourth-order valence-corrected chi connectivity index (χ4v) is 5.30. The average molecular weight is 548 g/mol. The van der Waals surface area contributed by atoms with E-state index in [0.29, 0.717) is 39.6 Å². The molecule has 1 amide bonds. The highest BCUT2D eigenvalue weighted by Gasteiger charge is 2.21. The first-order valence-corrected chi connectivity index (χ1v) is 13.6. The van der Waals surface area contributed by atoms with E-state index in [9.17, 15) is 9.18 Å². The zero-order valence-corrected chi connectivity index (χ0v) is 22.5. The molecular weight excluding hydrogens is 517 g/mol. The number of aromatic nitrogens is 4. The molecule has 1 fully saturated rings. The molecule has 0 saturated carbocycles. The van der Waals surface area contributed by atoms with Crippen molar-refractivity contribution in [3.05, 3.63) is 103 Å². The third-order valence-corrected chi connectivity index (χ3v) is 7.42. The number of imidazole rings is 1. The number of nitrogen functional groups attached to an aromatic ring is 1. The summed E-state index contributed by atoms with van der Waals surface area (Å²) >= 11 is 0. The number of carbonyl (C=O) groups is 1. The number of piperidine rings is 1. The van der Waals surface area contributed by atoms with Crippen molar-refractivity contribution < 1.29 is 9.18 Å². The van der Waals surface area contributed by atoms with E-state index in [1.165, 1.54) is 23.8 Å². The number of halogens is 1. The Morgan fingerprint density at radius 1 is 1.05 bits per heavy atom. The molecule has 1 aliphatic rings. The summed E-state index contributed by atoms with van der Waals surface area (Å²) in [5.74, 6) is 0.573. The number of nitrogens with two attached hydrogens (primary N) is 1. The summed E-state index contributed by atoms with van der Waals surface area (Å²) in [5, 5.41) is 3.00. The monoisotopic (exact) mass is 547 g/mol. The Morgan fingerprint density at radius 2 is 1.85 bits per heavy atom. The maximum absolute atomic E-state index is 14.0. The number of nitrogens with one attached hydrogen (secondary N) is 1. The predicted molar refractivity (Wildman–Crippen MR) is 159 cm³/mol. The van der Waals surface area contributed by atoms with Crippen LogP contribution >= 0.6 is 0 Å². The highest BCUT2D eigenvalue weighted by Crippen LogP contribution is 2.32. The second-order valence-corrected chi connectivity index (χ2v) is 10.2. The fourth-order valence-electron chi connectivity index (χ4n) is 5.30. The zero-order chi connectivity index (χ0) is 28.3. The number of fused-ring (bicyclic) bond motifs is 1. The van der Waals surface area contributed by atoms with Crippen LogP contribution in [0.1, 0.15) is 18.4 Å². The Bertz CT molecular complexity index is 1720. The molecule has 206 valence electrons. The highest BCUT2D eigenvalue weighted by molar-refractivity contribution is 5.87. The minimum atomic E-state index is -0.317. The van der Waals surface area contributed by atoms with E-state index >= 15 is 0 Å². The van der Waals surface area contributed by atoms with Crippen LogP contribution in [-0.2, 0) is 11.3 Å². The smallest absolute Gasteiger partial charge is 0.243 e. The van der Waals surface area contributed by atoms with Gasteiger partial charge < -0.3 is 11.1 Å². The van der Waals surface area contributed by atoms with Gasteiger partial charge in [-0.25, -0.2) is 19.3 Å². The van der Waals surface area contributed by atoms with E-state index in [1.54, 1.807) is 12.3 Å².